The molecule has 0 saturated heterocycles. The molecule has 1 atom stereocenters. The Labute approximate surface area is 413 Å². The van der Waals surface area contributed by atoms with E-state index >= 15 is 0 Å². The van der Waals surface area contributed by atoms with Crippen LogP contribution in [0.4, 0.5) is 23.1 Å². The maximum atomic E-state index is 5.31. The summed E-state index contributed by atoms with van der Waals surface area (Å²) >= 11 is 0. The highest BCUT2D eigenvalue weighted by Crippen LogP contribution is 2.35. The lowest BCUT2D eigenvalue weighted by Crippen LogP contribution is -2.25. The van der Waals surface area contributed by atoms with Crippen molar-refractivity contribution in [1.82, 2.24) is 39.5 Å². The molecule has 1 saturated carbocycles. The van der Waals surface area contributed by atoms with Crippen molar-refractivity contribution in [2.24, 2.45) is 33.7 Å². The van der Waals surface area contributed by atoms with Gasteiger partial charge in [-0.05, 0) is 122 Å². The molecule has 8 aromatic rings. The average Bonchev–Trinajstić information content (AvgIpc) is 3.88. The standard InChI is InChI=1S/C58H68N12/c1-39(2)35-67(7)51-30-29-49-56(54(46-16-12-17-46)62-50-19-9-10-33-60-50)66-70(58(49)63-51)38-45-26-24-43(25-27-45)15-11-14-42(6)36-68(8)52-31-28-48-55(53(40(3)4)61-47-18-13-32-59-34-47)65-69(57(48)64-52)37-44-22-20-41(5)21-23-44/h9-10,13,18-34,39-40,42,46H,11-12,14-17,35-38H2,1-8H3. The third-order valence-corrected chi connectivity index (χ3v) is 13.4. The third kappa shape index (κ3) is 11.3. The first kappa shape index (κ1) is 48.0. The van der Waals surface area contributed by atoms with E-state index in [9.17, 15) is 0 Å². The molecule has 0 bridgehead atoms. The van der Waals surface area contributed by atoms with E-state index in [1.54, 1.807) is 18.6 Å². The van der Waals surface area contributed by atoms with Crippen LogP contribution in [0.5, 0.6) is 0 Å². The SMILES string of the molecule is Cc1ccc(Cn2nc(C(=Nc3cccnc3)C(C)C)c3ccc(N(C)CC(C)CCCc4ccc(Cn5nc(C(=Nc6ccccn6)C6CCC6)c6ccc(N(C)CC(C)C)nc65)cc4)nc32)cc1. The lowest BCUT2D eigenvalue weighted by molar-refractivity contribution is 0.413. The van der Waals surface area contributed by atoms with Gasteiger partial charge >= 0.3 is 0 Å². The van der Waals surface area contributed by atoms with Crippen LogP contribution in [0.1, 0.15) is 100 Å². The van der Waals surface area contributed by atoms with Crippen molar-refractivity contribution in [3.05, 3.63) is 155 Å². The van der Waals surface area contributed by atoms with E-state index in [1.165, 1.54) is 28.7 Å². The predicted octanol–water partition coefficient (Wildman–Crippen LogP) is 12.3. The van der Waals surface area contributed by atoms with E-state index in [1.807, 2.05) is 35.0 Å². The van der Waals surface area contributed by atoms with E-state index in [0.717, 1.165) is 113 Å². The molecule has 12 heteroatoms. The fourth-order valence-corrected chi connectivity index (χ4v) is 9.48. The molecule has 70 heavy (non-hydrogen) atoms. The molecule has 0 spiro atoms. The summed E-state index contributed by atoms with van der Waals surface area (Å²) in [5.41, 5.74) is 11.2. The first-order valence-corrected chi connectivity index (χ1v) is 25.3. The lowest BCUT2D eigenvalue weighted by Gasteiger charge is -2.26. The molecule has 1 fully saturated rings. The van der Waals surface area contributed by atoms with Gasteiger partial charge in [-0.1, -0.05) is 101 Å². The molecule has 6 heterocycles. The number of aliphatic imine (C=N–C) groups is 2. The first-order valence-electron chi connectivity index (χ1n) is 25.3. The van der Waals surface area contributed by atoms with Gasteiger partial charge in [0.25, 0.3) is 0 Å². The summed E-state index contributed by atoms with van der Waals surface area (Å²) in [4.78, 5) is 34.1. The Bertz CT molecular complexity index is 3060. The Balaban J connectivity index is 0.880. The number of benzene rings is 2. The highest BCUT2D eigenvalue weighted by Gasteiger charge is 2.29. The number of hydrogen-bond donors (Lipinski definition) is 0. The summed E-state index contributed by atoms with van der Waals surface area (Å²) in [5.74, 6) is 4.11. The number of fused-ring (bicyclic) bond motifs is 2. The number of aromatic nitrogens is 8. The smallest absolute Gasteiger partial charge is 0.161 e. The molecule has 1 aliphatic carbocycles. The molecule has 360 valence electrons. The number of rotatable bonds is 20. The van der Waals surface area contributed by atoms with Crippen molar-refractivity contribution >= 4 is 56.6 Å². The summed E-state index contributed by atoms with van der Waals surface area (Å²) in [6.07, 6.45) is 12.0. The highest BCUT2D eigenvalue weighted by molar-refractivity contribution is 6.11. The molecule has 12 nitrogen and oxygen atoms in total. The second-order valence-corrected chi connectivity index (χ2v) is 20.2. The maximum Gasteiger partial charge on any atom is 0.161 e. The van der Waals surface area contributed by atoms with E-state index in [2.05, 4.69) is 153 Å². The Morgan fingerprint density at radius 2 is 1.30 bits per heavy atom. The summed E-state index contributed by atoms with van der Waals surface area (Å²) < 4.78 is 4.13. The van der Waals surface area contributed by atoms with E-state index in [0.29, 0.717) is 30.8 Å². The molecule has 6 aromatic heterocycles. The molecule has 1 unspecified atom stereocenters. The van der Waals surface area contributed by atoms with Crippen molar-refractivity contribution in [3.63, 3.8) is 0 Å². The second-order valence-electron chi connectivity index (χ2n) is 20.2. The first-order chi connectivity index (χ1) is 33.9. The van der Waals surface area contributed by atoms with Gasteiger partial charge in [0.15, 0.2) is 17.1 Å². The minimum absolute atomic E-state index is 0.145. The summed E-state index contributed by atoms with van der Waals surface area (Å²) in [5, 5.41) is 12.6. The lowest BCUT2D eigenvalue weighted by atomic mass is 9.80. The van der Waals surface area contributed by atoms with E-state index < -0.39 is 0 Å². The monoisotopic (exact) mass is 933 g/mol. The van der Waals surface area contributed by atoms with Gasteiger partial charge < -0.3 is 9.80 Å². The van der Waals surface area contributed by atoms with Crippen molar-refractivity contribution in [3.8, 4) is 0 Å². The van der Waals surface area contributed by atoms with Gasteiger partial charge in [-0.2, -0.15) is 10.2 Å². The van der Waals surface area contributed by atoms with E-state index in [-0.39, 0.29) is 5.92 Å². The predicted molar refractivity (Wildman–Crippen MR) is 287 cm³/mol. The molecular formula is C58H68N12. The van der Waals surface area contributed by atoms with Crippen molar-refractivity contribution in [2.75, 3.05) is 37.0 Å². The Hall–Kier alpha value is -7.08. The third-order valence-electron chi connectivity index (χ3n) is 13.4. The van der Waals surface area contributed by atoms with Gasteiger partial charge in [0.05, 0.1) is 36.4 Å². The summed E-state index contributed by atoms with van der Waals surface area (Å²) in [7, 11) is 4.28. The van der Waals surface area contributed by atoms with Gasteiger partial charge in [0.1, 0.15) is 23.0 Å². The Morgan fingerprint density at radius 1 is 0.671 bits per heavy atom. The van der Waals surface area contributed by atoms with Crippen LogP contribution in [0.2, 0.25) is 0 Å². The zero-order valence-corrected chi connectivity index (χ0v) is 42.3. The van der Waals surface area contributed by atoms with Gasteiger partial charge in [-0.3, -0.25) is 4.98 Å². The van der Waals surface area contributed by atoms with Crippen molar-refractivity contribution in [1.29, 1.82) is 0 Å². The van der Waals surface area contributed by atoms with Crippen LogP contribution < -0.4 is 9.80 Å². The van der Waals surface area contributed by atoms with Crippen LogP contribution in [0.25, 0.3) is 22.1 Å². The van der Waals surface area contributed by atoms with Crippen LogP contribution in [0.15, 0.2) is 132 Å². The Kier molecular flexibility index (Phi) is 14.9. The zero-order valence-electron chi connectivity index (χ0n) is 42.3. The van der Waals surface area contributed by atoms with Gasteiger partial charge in [0, 0.05) is 56.3 Å². The highest BCUT2D eigenvalue weighted by atomic mass is 15.3. The number of hydrogen-bond acceptors (Lipinski definition) is 10. The minimum atomic E-state index is 0.145. The molecule has 1 aliphatic rings. The summed E-state index contributed by atoms with van der Waals surface area (Å²) in [6.45, 7) is 16.3. The molecule has 0 aliphatic heterocycles. The van der Waals surface area contributed by atoms with E-state index in [4.69, 9.17) is 30.2 Å². The van der Waals surface area contributed by atoms with Crippen LogP contribution >= 0.6 is 0 Å². The fourth-order valence-electron chi connectivity index (χ4n) is 9.48. The number of nitrogens with zero attached hydrogens (tertiary/aromatic N) is 12. The van der Waals surface area contributed by atoms with Gasteiger partial charge in [-0.25, -0.2) is 34.3 Å². The number of pyridine rings is 4. The van der Waals surface area contributed by atoms with Crippen LogP contribution in [-0.2, 0) is 19.5 Å². The van der Waals surface area contributed by atoms with Gasteiger partial charge in [0.2, 0.25) is 0 Å². The maximum absolute atomic E-state index is 5.31. The van der Waals surface area contributed by atoms with Crippen molar-refractivity contribution in [2.45, 2.75) is 93.2 Å². The summed E-state index contributed by atoms with van der Waals surface area (Å²) in [6, 6.07) is 36.2. The molecule has 0 N–H and O–H groups in total. The molecule has 9 rings (SSSR count). The normalized spacial score (nSPS) is 14.0. The molecular weight excluding hydrogens is 865 g/mol. The Morgan fingerprint density at radius 3 is 1.89 bits per heavy atom. The van der Waals surface area contributed by atoms with Crippen LogP contribution in [-0.4, -0.2) is 78.1 Å². The topological polar surface area (TPSA) is 118 Å². The van der Waals surface area contributed by atoms with Crippen LogP contribution in [0.3, 0.4) is 0 Å². The average molecular weight is 933 g/mol. The quantitative estimate of drug-likeness (QED) is 0.0693. The minimum Gasteiger partial charge on any atom is -0.359 e. The van der Waals surface area contributed by atoms with Crippen LogP contribution in [0, 0.1) is 30.6 Å². The largest absolute Gasteiger partial charge is 0.359 e. The fraction of sp³-hybridized carbons (Fsp3) is 0.379. The number of aryl methyl sites for hydroxylation is 2. The molecule has 0 radical (unpaired) electrons. The second kappa shape index (κ2) is 21.7. The zero-order chi connectivity index (χ0) is 48.7. The van der Waals surface area contributed by atoms with Gasteiger partial charge in [-0.15, -0.1) is 0 Å². The number of anilines is 2. The molecule has 0 amide bonds. The van der Waals surface area contributed by atoms with Crippen molar-refractivity contribution < 1.29 is 0 Å². The molecule has 2 aromatic carbocycles.